The van der Waals surface area contributed by atoms with Gasteiger partial charge in [0.2, 0.25) is 5.91 Å². The Kier molecular flexibility index (Phi) is 6.20. The molecule has 0 spiro atoms. The maximum absolute atomic E-state index is 15.4. The average Bonchev–Trinajstić information content (AvgIpc) is 3.03. The molecule has 180 valence electrons. The first kappa shape index (κ1) is 24.5. The summed E-state index contributed by atoms with van der Waals surface area (Å²) >= 11 is 0. The van der Waals surface area contributed by atoms with Gasteiger partial charge in [0, 0.05) is 13.5 Å². The van der Waals surface area contributed by atoms with Gasteiger partial charge in [-0.1, -0.05) is 20.8 Å². The maximum atomic E-state index is 15.4. The summed E-state index contributed by atoms with van der Waals surface area (Å²) in [7, 11) is 1.33. The van der Waals surface area contributed by atoms with Crippen LogP contribution in [0.1, 0.15) is 51.1 Å². The number of carbonyl (C=O) groups is 2. The fourth-order valence-corrected chi connectivity index (χ4v) is 3.56. The highest BCUT2D eigenvalue weighted by Crippen LogP contribution is 2.42. The number of benzene rings is 1. The zero-order valence-corrected chi connectivity index (χ0v) is 19.2. The Morgan fingerprint density at radius 2 is 1.88 bits per heavy atom. The van der Waals surface area contributed by atoms with Crippen molar-refractivity contribution < 1.29 is 31.9 Å². The number of ether oxygens (including phenoxy) is 1. The molecule has 0 saturated heterocycles. The van der Waals surface area contributed by atoms with Crippen molar-refractivity contribution >= 4 is 23.2 Å². The molecule has 0 fully saturated rings. The van der Waals surface area contributed by atoms with Crippen LogP contribution in [-0.2, 0) is 29.4 Å². The Morgan fingerprint density at radius 1 is 1.24 bits per heavy atom. The van der Waals surface area contributed by atoms with E-state index in [0.29, 0.717) is 5.56 Å². The monoisotopic (exact) mass is 470 g/mol. The van der Waals surface area contributed by atoms with E-state index in [2.05, 4.69) is 10.4 Å². The first-order valence-electron chi connectivity index (χ1n) is 10.3. The zero-order valence-electron chi connectivity index (χ0n) is 19.2. The second-order valence-electron chi connectivity index (χ2n) is 9.34. The summed E-state index contributed by atoms with van der Waals surface area (Å²) in [5.41, 5.74) is -0.953. The van der Waals surface area contributed by atoms with Crippen molar-refractivity contribution in [1.82, 2.24) is 9.78 Å². The molecule has 1 aliphatic rings. The fraction of sp³-hybridized carbons (Fsp3) is 0.500. The number of fused-ring (bicyclic) bond motifs is 1. The maximum Gasteiger partial charge on any atom is 0.435 e. The van der Waals surface area contributed by atoms with Gasteiger partial charge in [-0.2, -0.15) is 18.3 Å². The van der Waals surface area contributed by atoms with E-state index in [1.54, 1.807) is 6.92 Å². The summed E-state index contributed by atoms with van der Waals surface area (Å²) in [6, 6.07) is 2.31. The second kappa shape index (κ2) is 8.35. The molecule has 2 heterocycles. The summed E-state index contributed by atoms with van der Waals surface area (Å²) in [4.78, 5) is 26.3. The van der Waals surface area contributed by atoms with E-state index in [1.807, 2.05) is 20.8 Å². The molecule has 3 rings (SSSR count). The van der Waals surface area contributed by atoms with Crippen molar-refractivity contribution in [2.45, 2.75) is 59.9 Å². The van der Waals surface area contributed by atoms with Crippen molar-refractivity contribution in [2.75, 3.05) is 10.2 Å². The summed E-state index contributed by atoms with van der Waals surface area (Å²) in [6.07, 6.45) is -5.56. The van der Waals surface area contributed by atoms with Crippen molar-refractivity contribution in [3.05, 3.63) is 34.9 Å². The molecule has 11 heteroatoms. The number of aromatic nitrogens is 2. The number of anilines is 2. The van der Waals surface area contributed by atoms with E-state index >= 15 is 4.39 Å². The third-order valence-corrected chi connectivity index (χ3v) is 5.14. The lowest BCUT2D eigenvalue weighted by atomic mass is 9.92. The van der Waals surface area contributed by atoms with Crippen LogP contribution >= 0.6 is 0 Å². The molecule has 1 aromatic carbocycles. The first-order chi connectivity index (χ1) is 15.1. The van der Waals surface area contributed by atoms with Crippen LogP contribution in [0.2, 0.25) is 0 Å². The Labute approximate surface area is 188 Å². The lowest BCUT2D eigenvalue weighted by molar-refractivity contribution is -0.141. The molecule has 0 radical (unpaired) electrons. The van der Waals surface area contributed by atoms with Crippen LogP contribution < -0.4 is 15.0 Å². The number of hydrogen-bond acceptors (Lipinski definition) is 4. The van der Waals surface area contributed by atoms with Crippen LogP contribution in [-0.4, -0.2) is 27.7 Å². The SMILES string of the molecule is Cc1cc2c(c(F)c1NC(=O)CC(C)(C)C)OC(C)C(=O)N2Cc1cc(C(F)(F)F)nn1C. The summed E-state index contributed by atoms with van der Waals surface area (Å²) in [6.45, 7) is 8.33. The Bertz CT molecular complexity index is 1100. The molecule has 1 atom stereocenters. The first-order valence-corrected chi connectivity index (χ1v) is 10.3. The zero-order chi connectivity index (χ0) is 24.9. The van der Waals surface area contributed by atoms with Gasteiger partial charge in [0.15, 0.2) is 23.4 Å². The third-order valence-electron chi connectivity index (χ3n) is 5.14. The molecule has 7 nitrogen and oxygen atoms in total. The minimum Gasteiger partial charge on any atom is -0.476 e. The standard InChI is InChI=1S/C22H26F4N4O3/c1-11-7-14-19(17(23)18(11)27-16(31)9-21(3,4)5)33-12(2)20(32)30(14)10-13-8-15(22(24,25)26)28-29(13)6/h7-8,12H,9-10H2,1-6H3,(H,27,31). The number of nitrogens with zero attached hydrogens (tertiary/aromatic N) is 3. The van der Waals surface area contributed by atoms with Crippen LogP contribution in [0, 0.1) is 18.2 Å². The molecule has 1 aromatic heterocycles. The van der Waals surface area contributed by atoms with E-state index in [9.17, 15) is 22.8 Å². The van der Waals surface area contributed by atoms with Gasteiger partial charge >= 0.3 is 6.18 Å². The van der Waals surface area contributed by atoms with E-state index in [4.69, 9.17) is 4.74 Å². The van der Waals surface area contributed by atoms with Crippen LogP contribution in [0.15, 0.2) is 12.1 Å². The predicted octanol–water partition coefficient (Wildman–Crippen LogP) is 4.58. The minimum absolute atomic E-state index is 0.0654. The Hall–Kier alpha value is -3.11. The molecule has 33 heavy (non-hydrogen) atoms. The van der Waals surface area contributed by atoms with Crippen molar-refractivity contribution in [3.8, 4) is 5.75 Å². The molecule has 2 aromatic rings. The van der Waals surface area contributed by atoms with Gasteiger partial charge in [-0.05, 0) is 37.0 Å². The highest BCUT2D eigenvalue weighted by molar-refractivity contribution is 6.01. The molecule has 1 N–H and O–H groups in total. The summed E-state index contributed by atoms with van der Waals surface area (Å²) in [5.74, 6) is -2.02. The number of carbonyl (C=O) groups excluding carboxylic acids is 2. The number of alkyl halides is 3. The molecule has 0 bridgehead atoms. The van der Waals surface area contributed by atoms with Crippen molar-refractivity contribution in [1.29, 1.82) is 0 Å². The number of aryl methyl sites for hydroxylation is 2. The molecular weight excluding hydrogens is 444 g/mol. The Balaban J connectivity index is 2.00. The third kappa shape index (κ3) is 5.12. The number of hydrogen-bond donors (Lipinski definition) is 1. The van der Waals surface area contributed by atoms with E-state index in [-0.39, 0.29) is 47.1 Å². The van der Waals surface area contributed by atoms with E-state index in [1.165, 1.54) is 20.0 Å². The molecule has 2 amide bonds. The average molecular weight is 470 g/mol. The number of nitrogens with one attached hydrogen (secondary N) is 1. The molecule has 0 aliphatic carbocycles. The van der Waals surface area contributed by atoms with E-state index in [0.717, 1.165) is 15.6 Å². The molecule has 1 unspecified atom stereocenters. The topological polar surface area (TPSA) is 76.5 Å². The van der Waals surface area contributed by atoms with Gasteiger partial charge in [0.05, 0.1) is 23.6 Å². The molecular formula is C22H26F4N4O3. The fourth-order valence-electron chi connectivity index (χ4n) is 3.56. The van der Waals surface area contributed by atoms with E-state index < -0.39 is 29.7 Å². The van der Waals surface area contributed by atoms with Crippen LogP contribution in [0.3, 0.4) is 0 Å². The van der Waals surface area contributed by atoms with Crippen molar-refractivity contribution in [2.24, 2.45) is 12.5 Å². The Morgan fingerprint density at radius 3 is 2.42 bits per heavy atom. The summed E-state index contributed by atoms with van der Waals surface area (Å²) < 4.78 is 61.0. The molecule has 1 aliphatic heterocycles. The van der Waals surface area contributed by atoms with Gasteiger partial charge < -0.3 is 10.1 Å². The number of amides is 2. The van der Waals surface area contributed by atoms with Crippen LogP contribution in [0.25, 0.3) is 0 Å². The quantitative estimate of drug-likeness (QED) is 0.664. The molecule has 0 saturated carbocycles. The van der Waals surface area contributed by atoms with Gasteiger partial charge in [0.1, 0.15) is 0 Å². The second-order valence-corrected chi connectivity index (χ2v) is 9.34. The van der Waals surface area contributed by atoms with Crippen LogP contribution in [0.4, 0.5) is 28.9 Å². The lowest BCUT2D eigenvalue weighted by Gasteiger charge is -2.34. The van der Waals surface area contributed by atoms with Gasteiger partial charge in [0.25, 0.3) is 5.91 Å². The lowest BCUT2D eigenvalue weighted by Crippen LogP contribution is -2.44. The highest BCUT2D eigenvalue weighted by atomic mass is 19.4. The smallest absolute Gasteiger partial charge is 0.435 e. The van der Waals surface area contributed by atoms with Crippen LogP contribution in [0.5, 0.6) is 5.75 Å². The largest absolute Gasteiger partial charge is 0.476 e. The normalized spacial score (nSPS) is 16.5. The van der Waals surface area contributed by atoms with Gasteiger partial charge in [-0.25, -0.2) is 4.39 Å². The highest BCUT2D eigenvalue weighted by Gasteiger charge is 2.38. The van der Waals surface area contributed by atoms with Gasteiger partial charge in [-0.3, -0.25) is 19.2 Å². The number of halogens is 4. The number of rotatable bonds is 4. The van der Waals surface area contributed by atoms with Crippen molar-refractivity contribution in [3.63, 3.8) is 0 Å². The van der Waals surface area contributed by atoms with Gasteiger partial charge in [-0.15, -0.1) is 0 Å². The summed E-state index contributed by atoms with van der Waals surface area (Å²) in [5, 5.41) is 6.03. The minimum atomic E-state index is -4.64. The predicted molar refractivity (Wildman–Crippen MR) is 113 cm³/mol.